The molecule has 1 rings (SSSR count). The first-order valence-electron chi connectivity index (χ1n) is 11.0. The molecule has 0 aromatic rings. The summed E-state index contributed by atoms with van der Waals surface area (Å²) in [4.78, 5) is 30.4. The summed E-state index contributed by atoms with van der Waals surface area (Å²) in [7, 11) is 0. The van der Waals surface area contributed by atoms with Gasteiger partial charge in [0.15, 0.2) is 0 Å². The van der Waals surface area contributed by atoms with E-state index in [9.17, 15) is 14.4 Å². The van der Waals surface area contributed by atoms with Crippen molar-refractivity contribution in [2.75, 3.05) is 0 Å². The van der Waals surface area contributed by atoms with E-state index in [-0.39, 0.29) is 12.8 Å². The highest BCUT2D eigenvalue weighted by Crippen LogP contribution is 2.13. The van der Waals surface area contributed by atoms with E-state index in [0.717, 1.165) is 12.8 Å². The Bertz CT molecular complexity index is 378. The maximum atomic E-state index is 10.3. The van der Waals surface area contributed by atoms with Crippen molar-refractivity contribution in [2.24, 2.45) is 0 Å². The first kappa shape index (κ1) is 25.6. The predicted molar refractivity (Wildman–Crippen MR) is 108 cm³/mol. The van der Waals surface area contributed by atoms with Crippen molar-refractivity contribution in [3.63, 3.8) is 0 Å². The molecule has 0 aromatic carbocycles. The summed E-state index contributed by atoms with van der Waals surface area (Å²) >= 11 is 0. The zero-order valence-corrected chi connectivity index (χ0v) is 17.3. The van der Waals surface area contributed by atoms with Gasteiger partial charge in [0.25, 0.3) is 0 Å². The number of carbonyl (C=O) groups is 3. The molecule has 5 heteroatoms. The average molecular weight is 385 g/mol. The predicted octanol–water partition coefficient (Wildman–Crippen LogP) is 6.18. The Hall–Kier alpha value is -1.39. The molecule has 0 saturated carbocycles. The van der Waals surface area contributed by atoms with Gasteiger partial charge < -0.3 is 9.84 Å². The molecule has 158 valence electrons. The van der Waals surface area contributed by atoms with Crippen LogP contribution < -0.4 is 0 Å². The van der Waals surface area contributed by atoms with E-state index in [1.165, 1.54) is 83.5 Å². The molecule has 1 heterocycles. The van der Waals surface area contributed by atoms with Crippen LogP contribution in [0.15, 0.2) is 0 Å². The molecule has 1 saturated heterocycles. The van der Waals surface area contributed by atoms with E-state index >= 15 is 0 Å². The van der Waals surface area contributed by atoms with E-state index in [1.54, 1.807) is 0 Å². The molecule has 0 bridgehead atoms. The highest BCUT2D eigenvalue weighted by Gasteiger charge is 2.19. The van der Waals surface area contributed by atoms with Crippen molar-refractivity contribution >= 4 is 17.9 Å². The lowest BCUT2D eigenvalue weighted by Gasteiger charge is -2.03. The van der Waals surface area contributed by atoms with Crippen molar-refractivity contribution in [3.8, 4) is 0 Å². The number of carbonyl (C=O) groups excluding carboxylic acids is 2. The second-order valence-electron chi connectivity index (χ2n) is 7.44. The average Bonchev–Trinajstić information content (AvgIpc) is 3.01. The zero-order chi connectivity index (χ0) is 20.2. The molecule has 1 aliphatic heterocycles. The molecule has 0 atom stereocenters. The van der Waals surface area contributed by atoms with Crippen LogP contribution in [0.25, 0.3) is 0 Å². The maximum Gasteiger partial charge on any atom is 0.314 e. The molecule has 0 unspecified atom stereocenters. The van der Waals surface area contributed by atoms with Gasteiger partial charge >= 0.3 is 17.9 Å². The summed E-state index contributed by atoms with van der Waals surface area (Å²) in [6.07, 6.45) is 20.7. The number of esters is 2. The molecule has 0 spiro atoms. The number of rotatable bonds is 16. The minimum atomic E-state index is -0.653. The summed E-state index contributed by atoms with van der Waals surface area (Å²) in [6.45, 7) is 2.27. The van der Waals surface area contributed by atoms with E-state index in [2.05, 4.69) is 11.7 Å². The Morgan fingerprint density at radius 2 is 1.04 bits per heavy atom. The highest BCUT2D eigenvalue weighted by atomic mass is 16.6. The number of aliphatic carboxylic acids is 1. The van der Waals surface area contributed by atoms with Gasteiger partial charge in [0.1, 0.15) is 0 Å². The van der Waals surface area contributed by atoms with Crippen LogP contribution in [-0.2, 0) is 19.1 Å². The van der Waals surface area contributed by atoms with Crippen molar-refractivity contribution in [2.45, 2.75) is 122 Å². The molecule has 27 heavy (non-hydrogen) atoms. The quantitative estimate of drug-likeness (QED) is 0.195. The van der Waals surface area contributed by atoms with E-state index in [1.807, 2.05) is 0 Å². The van der Waals surface area contributed by atoms with Gasteiger partial charge in [-0.15, -0.1) is 0 Å². The number of carboxylic acids is 1. The molecule has 0 amide bonds. The van der Waals surface area contributed by atoms with Crippen LogP contribution >= 0.6 is 0 Å². The lowest BCUT2D eigenvalue weighted by Crippen LogP contribution is -1.94. The first-order valence-corrected chi connectivity index (χ1v) is 11.0. The first-order chi connectivity index (χ1) is 13.1. The number of unbranched alkanes of at least 4 members (excludes halogenated alkanes) is 14. The third kappa shape index (κ3) is 20.8. The van der Waals surface area contributed by atoms with Crippen molar-refractivity contribution in [3.05, 3.63) is 0 Å². The lowest BCUT2D eigenvalue weighted by atomic mass is 10.0. The van der Waals surface area contributed by atoms with Crippen LogP contribution in [0.3, 0.4) is 0 Å². The van der Waals surface area contributed by atoms with Gasteiger partial charge in [-0.2, -0.15) is 0 Å². The Morgan fingerprint density at radius 1 is 0.704 bits per heavy atom. The number of ether oxygens (including phenoxy) is 1. The molecule has 0 aliphatic carbocycles. The number of hydrogen-bond acceptors (Lipinski definition) is 4. The van der Waals surface area contributed by atoms with Gasteiger partial charge in [-0.25, -0.2) is 0 Å². The summed E-state index contributed by atoms with van der Waals surface area (Å²) in [5.74, 6) is -1.45. The Balaban J connectivity index is 0.000000797. The lowest BCUT2D eigenvalue weighted by molar-refractivity contribution is -0.152. The van der Waals surface area contributed by atoms with Crippen LogP contribution in [0.4, 0.5) is 0 Å². The van der Waals surface area contributed by atoms with Crippen LogP contribution in [0.2, 0.25) is 0 Å². The van der Waals surface area contributed by atoms with Gasteiger partial charge in [0.2, 0.25) is 0 Å². The minimum Gasteiger partial charge on any atom is -0.481 e. The van der Waals surface area contributed by atoms with Crippen molar-refractivity contribution < 1.29 is 24.2 Å². The summed E-state index contributed by atoms with van der Waals surface area (Å²) in [5, 5.41) is 8.52. The topological polar surface area (TPSA) is 80.7 Å². The highest BCUT2D eigenvalue weighted by molar-refractivity contribution is 5.92. The summed E-state index contributed by atoms with van der Waals surface area (Å²) in [5.41, 5.74) is 0. The fourth-order valence-electron chi connectivity index (χ4n) is 3.08. The van der Waals surface area contributed by atoms with E-state index in [0.29, 0.717) is 6.42 Å². The monoisotopic (exact) mass is 384 g/mol. The molecule has 0 aromatic heterocycles. The Morgan fingerprint density at radius 3 is 1.30 bits per heavy atom. The van der Waals surface area contributed by atoms with Gasteiger partial charge in [-0.1, -0.05) is 96.8 Å². The standard InChI is InChI=1S/C18H36O2.C4H4O3/c1-2-3-4-5-6-7-8-9-10-11-12-13-14-15-16-17-18(19)20;5-3-1-2-4(6)7-3/h2-17H2,1H3,(H,19,20);1-2H2. The minimum absolute atomic E-state index is 0.263. The fourth-order valence-corrected chi connectivity index (χ4v) is 3.08. The third-order valence-electron chi connectivity index (χ3n) is 4.76. The summed E-state index contributed by atoms with van der Waals surface area (Å²) < 4.78 is 4.08. The largest absolute Gasteiger partial charge is 0.481 e. The smallest absolute Gasteiger partial charge is 0.314 e. The van der Waals surface area contributed by atoms with Gasteiger partial charge in [0, 0.05) is 6.42 Å². The van der Waals surface area contributed by atoms with Gasteiger partial charge in [-0.05, 0) is 6.42 Å². The van der Waals surface area contributed by atoms with E-state index in [4.69, 9.17) is 5.11 Å². The van der Waals surface area contributed by atoms with Crippen LogP contribution in [-0.4, -0.2) is 23.0 Å². The number of carboxylic acid groups (broad SMARTS) is 1. The van der Waals surface area contributed by atoms with Crippen LogP contribution in [0.1, 0.15) is 122 Å². The van der Waals surface area contributed by atoms with Gasteiger partial charge in [-0.3, -0.25) is 14.4 Å². The molecule has 1 N–H and O–H groups in total. The second-order valence-corrected chi connectivity index (χ2v) is 7.44. The molecule has 5 nitrogen and oxygen atoms in total. The number of cyclic esters (lactones) is 2. The molecule has 0 radical (unpaired) electrons. The molecular formula is C22H40O5. The normalized spacial score (nSPS) is 13.2. The maximum absolute atomic E-state index is 10.3. The van der Waals surface area contributed by atoms with Crippen LogP contribution in [0, 0.1) is 0 Å². The molecule has 1 fully saturated rings. The number of hydrogen-bond donors (Lipinski definition) is 1. The Labute approximate surface area is 165 Å². The van der Waals surface area contributed by atoms with Crippen molar-refractivity contribution in [1.82, 2.24) is 0 Å². The third-order valence-corrected chi connectivity index (χ3v) is 4.76. The summed E-state index contributed by atoms with van der Waals surface area (Å²) in [6, 6.07) is 0. The fraction of sp³-hybridized carbons (Fsp3) is 0.864. The van der Waals surface area contributed by atoms with Crippen LogP contribution in [0.5, 0.6) is 0 Å². The Kier molecular flexibility index (Phi) is 18.4. The van der Waals surface area contributed by atoms with E-state index < -0.39 is 17.9 Å². The molecule has 1 aliphatic rings. The SMILES string of the molecule is CCCCCCCCCCCCCCCCCC(=O)O.O=C1CCC(=O)O1. The molecular weight excluding hydrogens is 344 g/mol. The van der Waals surface area contributed by atoms with Crippen molar-refractivity contribution in [1.29, 1.82) is 0 Å². The second kappa shape index (κ2) is 19.4. The zero-order valence-electron chi connectivity index (χ0n) is 17.3. The van der Waals surface area contributed by atoms with Gasteiger partial charge in [0.05, 0.1) is 12.8 Å².